The zero-order valence-electron chi connectivity index (χ0n) is 10.1. The van der Waals surface area contributed by atoms with Crippen LogP contribution in [0.5, 0.6) is 5.75 Å². The molecule has 0 radical (unpaired) electrons. The lowest BCUT2D eigenvalue weighted by atomic mass is 10.2. The Morgan fingerprint density at radius 2 is 2.06 bits per heavy atom. The van der Waals surface area contributed by atoms with E-state index >= 15 is 0 Å². The van der Waals surface area contributed by atoms with Gasteiger partial charge in [-0.2, -0.15) is 0 Å². The minimum absolute atomic E-state index is 0.289. The van der Waals surface area contributed by atoms with E-state index in [0.717, 1.165) is 23.6 Å². The number of anilines is 1. The summed E-state index contributed by atoms with van der Waals surface area (Å²) >= 11 is 0. The molecule has 0 amide bonds. The second-order valence-electron chi connectivity index (χ2n) is 4.03. The standard InChI is InChI=1S/C14H17NO2/c1-11(10-12-6-5-9-17-12)15-13-7-3-4-8-14(13)16-2/h3-9,11,15H,10H2,1-2H3. The maximum absolute atomic E-state index is 5.33. The molecule has 0 aliphatic rings. The summed E-state index contributed by atoms with van der Waals surface area (Å²) < 4.78 is 10.6. The van der Waals surface area contributed by atoms with Crippen LogP contribution in [0.1, 0.15) is 12.7 Å². The summed E-state index contributed by atoms with van der Waals surface area (Å²) in [5.74, 6) is 1.85. The van der Waals surface area contributed by atoms with Crippen LogP contribution in [0.25, 0.3) is 0 Å². The largest absolute Gasteiger partial charge is 0.495 e. The third kappa shape index (κ3) is 3.03. The van der Waals surface area contributed by atoms with Crippen molar-refractivity contribution in [1.29, 1.82) is 0 Å². The summed E-state index contributed by atoms with van der Waals surface area (Å²) in [5, 5.41) is 3.41. The van der Waals surface area contributed by atoms with Gasteiger partial charge in [0, 0.05) is 12.5 Å². The first kappa shape index (κ1) is 11.6. The molecule has 2 rings (SSSR count). The van der Waals surface area contributed by atoms with Crippen molar-refractivity contribution in [3.8, 4) is 5.75 Å². The van der Waals surface area contributed by atoms with E-state index < -0.39 is 0 Å². The van der Waals surface area contributed by atoms with Gasteiger partial charge in [0.1, 0.15) is 11.5 Å². The molecule has 1 heterocycles. The molecule has 1 N–H and O–H groups in total. The number of hydrogen-bond donors (Lipinski definition) is 1. The Bertz CT molecular complexity index is 451. The Hall–Kier alpha value is -1.90. The topological polar surface area (TPSA) is 34.4 Å². The van der Waals surface area contributed by atoms with Crippen molar-refractivity contribution in [2.24, 2.45) is 0 Å². The van der Waals surface area contributed by atoms with Crippen molar-refractivity contribution in [2.75, 3.05) is 12.4 Å². The molecule has 2 aromatic rings. The van der Waals surface area contributed by atoms with Crippen LogP contribution >= 0.6 is 0 Å². The van der Waals surface area contributed by atoms with E-state index in [0.29, 0.717) is 0 Å². The summed E-state index contributed by atoms with van der Waals surface area (Å²) in [6.45, 7) is 2.12. The fourth-order valence-corrected chi connectivity index (χ4v) is 1.81. The molecule has 0 fully saturated rings. The van der Waals surface area contributed by atoms with Crippen LogP contribution in [0.15, 0.2) is 47.1 Å². The summed E-state index contributed by atoms with van der Waals surface area (Å²) in [6.07, 6.45) is 2.55. The first-order valence-electron chi connectivity index (χ1n) is 5.71. The molecular weight excluding hydrogens is 214 g/mol. The highest BCUT2D eigenvalue weighted by Crippen LogP contribution is 2.24. The Morgan fingerprint density at radius 1 is 1.24 bits per heavy atom. The highest BCUT2D eigenvalue weighted by atomic mass is 16.5. The number of nitrogens with one attached hydrogen (secondary N) is 1. The van der Waals surface area contributed by atoms with Crippen LogP contribution in [0.3, 0.4) is 0 Å². The molecule has 0 spiro atoms. The lowest BCUT2D eigenvalue weighted by Crippen LogP contribution is -2.18. The molecule has 0 bridgehead atoms. The van der Waals surface area contributed by atoms with Crippen molar-refractivity contribution in [1.82, 2.24) is 0 Å². The molecule has 17 heavy (non-hydrogen) atoms. The predicted octanol–water partition coefficient (Wildman–Crippen LogP) is 3.33. The molecule has 0 aliphatic heterocycles. The molecular formula is C14H17NO2. The maximum Gasteiger partial charge on any atom is 0.141 e. The quantitative estimate of drug-likeness (QED) is 0.857. The van der Waals surface area contributed by atoms with E-state index in [2.05, 4.69) is 12.2 Å². The smallest absolute Gasteiger partial charge is 0.141 e. The van der Waals surface area contributed by atoms with E-state index in [1.54, 1.807) is 13.4 Å². The van der Waals surface area contributed by atoms with Crippen LogP contribution < -0.4 is 10.1 Å². The monoisotopic (exact) mass is 231 g/mol. The molecule has 3 heteroatoms. The van der Waals surface area contributed by atoms with Gasteiger partial charge in [-0.1, -0.05) is 12.1 Å². The van der Waals surface area contributed by atoms with Gasteiger partial charge in [0.05, 0.1) is 19.1 Å². The van der Waals surface area contributed by atoms with Gasteiger partial charge < -0.3 is 14.5 Å². The summed E-state index contributed by atoms with van der Waals surface area (Å²) in [7, 11) is 1.68. The van der Waals surface area contributed by atoms with Gasteiger partial charge in [0.15, 0.2) is 0 Å². The fraction of sp³-hybridized carbons (Fsp3) is 0.286. The normalized spacial score (nSPS) is 12.1. The lowest BCUT2D eigenvalue weighted by Gasteiger charge is -2.16. The minimum atomic E-state index is 0.289. The third-order valence-corrected chi connectivity index (χ3v) is 2.60. The molecule has 1 aromatic carbocycles. The van der Waals surface area contributed by atoms with E-state index in [-0.39, 0.29) is 6.04 Å². The van der Waals surface area contributed by atoms with Crippen molar-refractivity contribution in [3.63, 3.8) is 0 Å². The van der Waals surface area contributed by atoms with Crippen LogP contribution in [-0.4, -0.2) is 13.2 Å². The van der Waals surface area contributed by atoms with Crippen molar-refractivity contribution in [3.05, 3.63) is 48.4 Å². The van der Waals surface area contributed by atoms with Gasteiger partial charge in [0.2, 0.25) is 0 Å². The van der Waals surface area contributed by atoms with Gasteiger partial charge in [-0.05, 0) is 31.2 Å². The minimum Gasteiger partial charge on any atom is -0.495 e. The van der Waals surface area contributed by atoms with Gasteiger partial charge in [-0.25, -0.2) is 0 Å². The summed E-state index contributed by atoms with van der Waals surface area (Å²) in [4.78, 5) is 0. The van der Waals surface area contributed by atoms with Crippen LogP contribution in [0.2, 0.25) is 0 Å². The Balaban J connectivity index is 2.00. The van der Waals surface area contributed by atoms with Gasteiger partial charge in [-0.3, -0.25) is 0 Å². The number of para-hydroxylation sites is 2. The first-order chi connectivity index (χ1) is 8.29. The van der Waals surface area contributed by atoms with E-state index in [4.69, 9.17) is 9.15 Å². The maximum atomic E-state index is 5.33. The molecule has 0 saturated carbocycles. The summed E-state index contributed by atoms with van der Waals surface area (Å²) in [5.41, 5.74) is 1.01. The first-order valence-corrected chi connectivity index (χ1v) is 5.71. The Labute approximate surface area is 101 Å². The van der Waals surface area contributed by atoms with Crippen LogP contribution in [0.4, 0.5) is 5.69 Å². The van der Waals surface area contributed by atoms with Crippen molar-refractivity contribution in [2.45, 2.75) is 19.4 Å². The number of ether oxygens (including phenoxy) is 1. The molecule has 0 saturated heterocycles. The lowest BCUT2D eigenvalue weighted by molar-refractivity contribution is 0.415. The van der Waals surface area contributed by atoms with E-state index in [1.165, 1.54) is 0 Å². The molecule has 1 atom stereocenters. The zero-order chi connectivity index (χ0) is 12.1. The van der Waals surface area contributed by atoms with Gasteiger partial charge in [0.25, 0.3) is 0 Å². The average Bonchev–Trinajstić information content (AvgIpc) is 2.82. The van der Waals surface area contributed by atoms with Gasteiger partial charge >= 0.3 is 0 Å². The molecule has 1 aromatic heterocycles. The molecule has 1 unspecified atom stereocenters. The van der Waals surface area contributed by atoms with Crippen LogP contribution in [-0.2, 0) is 6.42 Å². The van der Waals surface area contributed by atoms with E-state index in [9.17, 15) is 0 Å². The Kier molecular flexibility index (Phi) is 3.70. The zero-order valence-corrected chi connectivity index (χ0v) is 10.1. The molecule has 90 valence electrons. The Morgan fingerprint density at radius 3 is 2.76 bits per heavy atom. The van der Waals surface area contributed by atoms with Gasteiger partial charge in [-0.15, -0.1) is 0 Å². The van der Waals surface area contributed by atoms with Crippen molar-refractivity contribution < 1.29 is 9.15 Å². The number of rotatable bonds is 5. The number of hydrogen-bond acceptors (Lipinski definition) is 3. The fourth-order valence-electron chi connectivity index (χ4n) is 1.81. The number of furan rings is 1. The van der Waals surface area contributed by atoms with Crippen molar-refractivity contribution >= 4 is 5.69 Å². The number of benzene rings is 1. The number of methoxy groups -OCH3 is 1. The molecule has 3 nitrogen and oxygen atoms in total. The summed E-state index contributed by atoms with van der Waals surface area (Å²) in [6, 6.07) is 12.1. The highest BCUT2D eigenvalue weighted by Gasteiger charge is 2.08. The molecule has 0 aliphatic carbocycles. The predicted molar refractivity (Wildman–Crippen MR) is 68.5 cm³/mol. The second kappa shape index (κ2) is 5.43. The highest BCUT2D eigenvalue weighted by molar-refractivity contribution is 5.56. The van der Waals surface area contributed by atoms with Crippen LogP contribution in [0, 0.1) is 0 Å². The third-order valence-electron chi connectivity index (χ3n) is 2.60. The second-order valence-corrected chi connectivity index (χ2v) is 4.03. The SMILES string of the molecule is COc1ccccc1NC(C)Cc1ccco1. The average molecular weight is 231 g/mol. The van der Waals surface area contributed by atoms with E-state index in [1.807, 2.05) is 36.4 Å².